The Morgan fingerprint density at radius 1 is 0.920 bits per heavy atom. The first-order valence-electron chi connectivity index (χ1n) is 15.7. The number of carbonyl (C=O) groups excluding carboxylic acids is 4. The van der Waals surface area contributed by atoms with Crippen molar-refractivity contribution in [1.82, 2.24) is 10.6 Å². The number of nitrogens with zero attached hydrogens (tertiary/aromatic N) is 1. The average Bonchev–Trinajstić information content (AvgIpc) is 3.04. The lowest BCUT2D eigenvalue weighted by atomic mass is 10.0. The van der Waals surface area contributed by atoms with Crippen LogP contribution in [0.5, 0.6) is 11.5 Å². The molecule has 0 spiro atoms. The van der Waals surface area contributed by atoms with E-state index < -0.39 is 59.9 Å². The molecule has 3 amide bonds. The zero-order valence-corrected chi connectivity index (χ0v) is 28.7. The van der Waals surface area contributed by atoms with Crippen LogP contribution in [-0.4, -0.2) is 103 Å². The molecule has 2 atom stereocenters. The van der Waals surface area contributed by atoms with Crippen molar-refractivity contribution < 1.29 is 63.0 Å². The highest BCUT2D eigenvalue weighted by Gasteiger charge is 2.30. The highest BCUT2D eigenvalue weighted by atomic mass is 16.6. The number of ether oxygens (including phenoxy) is 4. The number of benzene rings is 2. The number of phenols is 1. The van der Waals surface area contributed by atoms with Crippen molar-refractivity contribution in [3.05, 3.63) is 53.6 Å². The van der Waals surface area contributed by atoms with Gasteiger partial charge in [0.1, 0.15) is 28.7 Å². The van der Waals surface area contributed by atoms with Crippen LogP contribution in [0.1, 0.15) is 56.0 Å². The van der Waals surface area contributed by atoms with Crippen molar-refractivity contribution in [3.8, 4) is 11.5 Å². The first kappa shape index (κ1) is 40.8. The van der Waals surface area contributed by atoms with E-state index in [2.05, 4.69) is 15.4 Å². The zero-order chi connectivity index (χ0) is 37.4. The molecule has 0 aliphatic rings. The Labute approximate surface area is 289 Å². The number of aliphatic carboxylic acids is 2. The van der Waals surface area contributed by atoms with Gasteiger partial charge in [-0.15, -0.1) is 0 Å². The molecule has 2 rings (SSSR count). The van der Waals surface area contributed by atoms with Crippen molar-refractivity contribution in [2.24, 2.45) is 5.92 Å². The summed E-state index contributed by atoms with van der Waals surface area (Å²) in [5.74, 6) is -6.80. The SMILES string of the molecule is COCCC(CN(C(=O)C(=O)O)c1ccc(C[C@H](NC(=O)OC(C)(C)C)C(=O)NCCCCOc2cccc(O)c2C(=O)OC)cc1)C(=O)O. The Kier molecular flexibility index (Phi) is 16.0. The summed E-state index contributed by atoms with van der Waals surface area (Å²) in [5.41, 5.74) is -0.284. The summed E-state index contributed by atoms with van der Waals surface area (Å²) < 4.78 is 20.6. The minimum Gasteiger partial charge on any atom is -0.507 e. The van der Waals surface area contributed by atoms with Crippen LogP contribution < -0.4 is 20.3 Å². The number of amides is 3. The molecule has 0 bridgehead atoms. The maximum Gasteiger partial charge on any atom is 0.408 e. The molecule has 2 aromatic carbocycles. The molecule has 0 aliphatic carbocycles. The summed E-state index contributed by atoms with van der Waals surface area (Å²) in [5, 5.41) is 34.3. The van der Waals surface area contributed by atoms with E-state index in [1.54, 1.807) is 20.8 Å². The lowest BCUT2D eigenvalue weighted by molar-refractivity contribution is -0.149. The fourth-order valence-corrected chi connectivity index (χ4v) is 4.59. The summed E-state index contributed by atoms with van der Waals surface area (Å²) in [6.45, 7) is 5.04. The zero-order valence-electron chi connectivity index (χ0n) is 28.7. The Morgan fingerprint density at radius 3 is 2.18 bits per heavy atom. The van der Waals surface area contributed by atoms with Crippen molar-refractivity contribution in [2.45, 2.75) is 58.1 Å². The molecule has 0 heterocycles. The number of unbranched alkanes of at least 4 members (excludes halogenated alkanes) is 1. The minimum absolute atomic E-state index is 0.0132. The van der Waals surface area contributed by atoms with E-state index >= 15 is 0 Å². The number of alkyl carbamates (subject to hydrolysis) is 1. The second-order valence-corrected chi connectivity index (χ2v) is 12.1. The van der Waals surface area contributed by atoms with Gasteiger partial charge in [-0.2, -0.15) is 0 Å². The van der Waals surface area contributed by atoms with Gasteiger partial charge in [0, 0.05) is 38.9 Å². The maximum atomic E-state index is 13.2. The summed E-state index contributed by atoms with van der Waals surface area (Å²) in [6.07, 6.45) is 0.120. The predicted octanol–water partition coefficient (Wildman–Crippen LogP) is 2.74. The third-order valence-electron chi connectivity index (χ3n) is 7.07. The van der Waals surface area contributed by atoms with Crippen LogP contribution in [0.15, 0.2) is 42.5 Å². The molecule has 0 fully saturated rings. The molecule has 274 valence electrons. The van der Waals surface area contributed by atoms with E-state index in [0.29, 0.717) is 18.4 Å². The topological polar surface area (TPSA) is 227 Å². The molecule has 1 unspecified atom stereocenters. The highest BCUT2D eigenvalue weighted by Crippen LogP contribution is 2.28. The van der Waals surface area contributed by atoms with Crippen LogP contribution in [0, 0.1) is 5.92 Å². The maximum absolute atomic E-state index is 13.2. The Morgan fingerprint density at radius 2 is 1.60 bits per heavy atom. The minimum atomic E-state index is -1.76. The molecule has 50 heavy (non-hydrogen) atoms. The Balaban J connectivity index is 2.12. The molecule has 0 saturated carbocycles. The molecular formula is C34H45N3O13. The van der Waals surface area contributed by atoms with Crippen molar-refractivity contribution >= 4 is 41.5 Å². The first-order chi connectivity index (χ1) is 23.6. The summed E-state index contributed by atoms with van der Waals surface area (Å²) in [4.78, 5) is 74.5. The fraction of sp³-hybridized carbons (Fsp3) is 0.471. The number of hydrogen-bond acceptors (Lipinski definition) is 11. The summed E-state index contributed by atoms with van der Waals surface area (Å²) in [7, 11) is 2.58. The second kappa shape index (κ2) is 19.6. The third-order valence-corrected chi connectivity index (χ3v) is 7.07. The number of carboxylic acids is 2. The summed E-state index contributed by atoms with van der Waals surface area (Å²) >= 11 is 0. The van der Waals surface area contributed by atoms with Gasteiger partial charge in [0.25, 0.3) is 0 Å². The number of phenolic OH excluding ortho intramolecular Hbond substituents is 1. The number of esters is 1. The van der Waals surface area contributed by atoms with Gasteiger partial charge in [-0.05, 0) is 69.9 Å². The third kappa shape index (κ3) is 13.3. The van der Waals surface area contributed by atoms with Crippen LogP contribution in [-0.2, 0) is 39.8 Å². The van der Waals surface area contributed by atoms with Gasteiger partial charge in [-0.3, -0.25) is 14.4 Å². The van der Waals surface area contributed by atoms with Crippen molar-refractivity contribution in [1.29, 1.82) is 0 Å². The number of carboxylic acid groups (broad SMARTS) is 2. The van der Waals surface area contributed by atoms with Gasteiger partial charge in [-0.25, -0.2) is 14.4 Å². The Hall–Kier alpha value is -5.38. The number of methoxy groups -OCH3 is 2. The van der Waals surface area contributed by atoms with Crippen molar-refractivity contribution in [3.63, 3.8) is 0 Å². The summed E-state index contributed by atoms with van der Waals surface area (Å²) in [6, 6.07) is 9.18. The van der Waals surface area contributed by atoms with Gasteiger partial charge in [0.15, 0.2) is 0 Å². The molecule has 16 heteroatoms. The molecule has 0 aromatic heterocycles. The van der Waals surface area contributed by atoms with Gasteiger partial charge < -0.3 is 49.8 Å². The second-order valence-electron chi connectivity index (χ2n) is 12.1. The lowest BCUT2D eigenvalue weighted by Crippen LogP contribution is -2.49. The van der Waals surface area contributed by atoms with Gasteiger partial charge in [0.05, 0.1) is 19.6 Å². The van der Waals surface area contributed by atoms with Crippen LogP contribution in [0.3, 0.4) is 0 Å². The largest absolute Gasteiger partial charge is 0.507 e. The van der Waals surface area contributed by atoms with Gasteiger partial charge in [-0.1, -0.05) is 18.2 Å². The van der Waals surface area contributed by atoms with Crippen LogP contribution in [0.4, 0.5) is 10.5 Å². The number of carbonyl (C=O) groups is 6. The normalized spacial score (nSPS) is 12.2. The molecular weight excluding hydrogens is 658 g/mol. The van der Waals surface area contributed by atoms with E-state index in [4.69, 9.17) is 14.2 Å². The van der Waals surface area contributed by atoms with Gasteiger partial charge >= 0.3 is 29.9 Å². The van der Waals surface area contributed by atoms with Crippen LogP contribution in [0.2, 0.25) is 0 Å². The predicted molar refractivity (Wildman–Crippen MR) is 178 cm³/mol. The molecule has 0 aliphatic heterocycles. The van der Waals surface area contributed by atoms with Gasteiger partial charge in [0.2, 0.25) is 5.91 Å². The number of aromatic hydroxyl groups is 1. The quantitative estimate of drug-likeness (QED) is 0.0856. The van der Waals surface area contributed by atoms with E-state index in [9.17, 15) is 44.1 Å². The average molecular weight is 704 g/mol. The number of hydrogen-bond donors (Lipinski definition) is 5. The molecule has 16 nitrogen and oxygen atoms in total. The van der Waals surface area contributed by atoms with E-state index in [1.807, 2.05) is 0 Å². The van der Waals surface area contributed by atoms with E-state index in [0.717, 1.165) is 4.90 Å². The molecule has 2 aromatic rings. The number of nitrogens with one attached hydrogen (secondary N) is 2. The first-order valence-corrected chi connectivity index (χ1v) is 15.7. The fourth-order valence-electron chi connectivity index (χ4n) is 4.59. The smallest absolute Gasteiger partial charge is 0.408 e. The Bertz CT molecular complexity index is 1490. The highest BCUT2D eigenvalue weighted by molar-refractivity contribution is 6.37. The standard InChI is InChI=1S/C34H45N3O13/c1-34(2,3)50-33(46)36-24(28(39)35-16-6-7-17-49-26-10-8-9-25(38)27(26)32(45)48-5)19-21-11-13-23(14-12-21)37(29(40)31(43)44)20-22(30(41)42)15-18-47-4/h8-14,22,24,38H,6-7,15-20H2,1-5H3,(H,35,39)(H,36,46)(H,41,42)(H,43,44)/t22?,24-/m0/s1. The monoisotopic (exact) mass is 703 g/mol. The van der Waals surface area contributed by atoms with Crippen LogP contribution >= 0.6 is 0 Å². The van der Waals surface area contributed by atoms with Crippen molar-refractivity contribution in [2.75, 3.05) is 45.4 Å². The van der Waals surface area contributed by atoms with Crippen LogP contribution in [0.25, 0.3) is 0 Å². The number of anilines is 1. The van der Waals surface area contributed by atoms with E-state index in [1.165, 1.54) is 56.7 Å². The molecule has 5 N–H and O–H groups in total. The molecule has 0 radical (unpaired) electrons. The number of rotatable bonds is 18. The molecule has 0 saturated heterocycles. The van der Waals surface area contributed by atoms with E-state index in [-0.39, 0.29) is 55.4 Å². The lowest BCUT2D eigenvalue weighted by Gasteiger charge is -2.25.